The molecule has 5 heteroatoms. The molecule has 1 N–H and O–H groups in total. The third kappa shape index (κ3) is 1.63. The summed E-state index contributed by atoms with van der Waals surface area (Å²) in [5.41, 5.74) is 1.74. The third-order valence-corrected chi connectivity index (χ3v) is 4.37. The van der Waals surface area contributed by atoms with E-state index in [9.17, 15) is 4.79 Å². The van der Waals surface area contributed by atoms with Crippen molar-refractivity contribution < 1.29 is 9.90 Å². The van der Waals surface area contributed by atoms with E-state index < -0.39 is 5.97 Å². The average Bonchev–Trinajstić information content (AvgIpc) is 2.70. The number of carboxylic acid groups (broad SMARTS) is 1. The van der Waals surface area contributed by atoms with Gasteiger partial charge in [-0.1, -0.05) is 0 Å². The summed E-state index contributed by atoms with van der Waals surface area (Å²) >= 11 is 6.19. The van der Waals surface area contributed by atoms with Crippen molar-refractivity contribution in [1.29, 1.82) is 0 Å². The largest absolute Gasteiger partial charge is 0.477 e. The van der Waals surface area contributed by atoms with Crippen molar-refractivity contribution in [2.45, 2.75) is 0 Å². The minimum Gasteiger partial charge on any atom is -0.477 e. The van der Waals surface area contributed by atoms with Gasteiger partial charge in [0.25, 0.3) is 0 Å². The van der Waals surface area contributed by atoms with Gasteiger partial charge in [-0.3, -0.25) is 0 Å². The molecule has 0 radical (unpaired) electrons. The van der Waals surface area contributed by atoms with Gasteiger partial charge in [-0.15, -0.1) is 11.3 Å². The second-order valence-corrected chi connectivity index (χ2v) is 5.12. The highest BCUT2D eigenvalue weighted by Crippen LogP contribution is 2.35. The van der Waals surface area contributed by atoms with Crippen molar-refractivity contribution >= 4 is 44.6 Å². The molecule has 0 saturated heterocycles. The number of carbonyl (C=O) groups is 1. The van der Waals surface area contributed by atoms with E-state index in [1.807, 2.05) is 16.8 Å². The van der Waals surface area contributed by atoms with Crippen molar-refractivity contribution in [2.24, 2.45) is 0 Å². The van der Waals surface area contributed by atoms with Gasteiger partial charge in [-0.2, -0.15) is 11.3 Å². The Labute approximate surface area is 97.0 Å². The topological polar surface area (TPSA) is 37.3 Å². The molecule has 0 fully saturated rings. The second-order valence-electron chi connectivity index (χ2n) is 2.60. The smallest absolute Gasteiger partial charge is 0.346 e. The Morgan fingerprint density at radius 2 is 2.14 bits per heavy atom. The van der Waals surface area contributed by atoms with Gasteiger partial charge in [0.15, 0.2) is 0 Å². The van der Waals surface area contributed by atoms with Crippen LogP contribution in [0.5, 0.6) is 0 Å². The van der Waals surface area contributed by atoms with Crippen molar-refractivity contribution in [1.82, 2.24) is 0 Å². The molecule has 2 aromatic heterocycles. The molecule has 0 saturated carbocycles. The quantitative estimate of drug-likeness (QED) is 0.909. The number of rotatable bonds is 2. The summed E-state index contributed by atoms with van der Waals surface area (Å²) < 4.78 is 0.948. The molecular formula is C9H5BrO2S2. The molecule has 0 atom stereocenters. The maximum atomic E-state index is 10.9. The molecule has 0 amide bonds. The first-order chi connectivity index (χ1) is 6.70. The minimum atomic E-state index is -0.867. The lowest BCUT2D eigenvalue weighted by atomic mass is 10.1. The van der Waals surface area contributed by atoms with Gasteiger partial charge < -0.3 is 5.11 Å². The first-order valence-electron chi connectivity index (χ1n) is 3.73. The Balaban J connectivity index is 2.57. The Kier molecular flexibility index (Phi) is 2.71. The molecule has 0 aliphatic heterocycles. The van der Waals surface area contributed by atoms with Crippen LogP contribution in [-0.4, -0.2) is 11.1 Å². The maximum Gasteiger partial charge on any atom is 0.346 e. The zero-order valence-corrected chi connectivity index (χ0v) is 10.1. The highest BCUT2D eigenvalue weighted by Gasteiger charge is 2.15. The molecule has 0 spiro atoms. The molecule has 2 aromatic rings. The molecule has 0 aliphatic carbocycles. The number of hydrogen-bond acceptors (Lipinski definition) is 3. The van der Waals surface area contributed by atoms with Crippen LogP contribution in [0.15, 0.2) is 26.7 Å². The lowest BCUT2D eigenvalue weighted by molar-refractivity contribution is 0.0703. The van der Waals surface area contributed by atoms with E-state index in [2.05, 4.69) is 15.9 Å². The summed E-state index contributed by atoms with van der Waals surface area (Å²) in [6.45, 7) is 0. The van der Waals surface area contributed by atoms with Crippen LogP contribution >= 0.6 is 38.6 Å². The van der Waals surface area contributed by atoms with Crippen LogP contribution in [0.1, 0.15) is 9.67 Å². The van der Waals surface area contributed by atoms with E-state index in [-0.39, 0.29) is 0 Å². The van der Waals surface area contributed by atoms with Crippen molar-refractivity contribution in [3.8, 4) is 11.1 Å². The van der Waals surface area contributed by atoms with Crippen LogP contribution in [0, 0.1) is 0 Å². The van der Waals surface area contributed by atoms with Gasteiger partial charge in [0.2, 0.25) is 0 Å². The molecule has 2 nitrogen and oxygen atoms in total. The Hall–Kier alpha value is -0.650. The normalized spacial score (nSPS) is 10.4. The summed E-state index contributed by atoms with van der Waals surface area (Å²) in [5, 5.41) is 14.6. The first kappa shape index (κ1) is 9.89. The zero-order chi connectivity index (χ0) is 10.1. The van der Waals surface area contributed by atoms with Gasteiger partial charge in [0.1, 0.15) is 4.88 Å². The number of hydrogen-bond donors (Lipinski definition) is 1. The fourth-order valence-corrected chi connectivity index (χ4v) is 3.41. The lowest BCUT2D eigenvalue weighted by Gasteiger charge is -1.97. The average molecular weight is 289 g/mol. The van der Waals surface area contributed by atoms with E-state index in [0.29, 0.717) is 4.88 Å². The van der Waals surface area contributed by atoms with Crippen LogP contribution in [0.4, 0.5) is 0 Å². The summed E-state index contributed by atoms with van der Waals surface area (Å²) in [6.07, 6.45) is 0. The number of thiophene rings is 2. The van der Waals surface area contributed by atoms with Crippen molar-refractivity contribution in [3.63, 3.8) is 0 Å². The standard InChI is InChI=1S/C9H5BrO2S2/c10-7-4-13-3-6(7)5-1-2-14-8(5)9(11)12/h1-4H,(H,11,12). The van der Waals surface area contributed by atoms with E-state index in [0.717, 1.165) is 15.6 Å². The van der Waals surface area contributed by atoms with E-state index in [1.54, 1.807) is 16.7 Å². The Bertz CT molecular complexity index is 473. The minimum absolute atomic E-state index is 0.393. The number of carboxylic acids is 1. The summed E-state index contributed by atoms with van der Waals surface area (Å²) in [6, 6.07) is 1.83. The highest BCUT2D eigenvalue weighted by atomic mass is 79.9. The van der Waals surface area contributed by atoms with Gasteiger partial charge in [0, 0.05) is 21.0 Å². The number of halogens is 1. The van der Waals surface area contributed by atoms with E-state index in [1.165, 1.54) is 11.3 Å². The van der Waals surface area contributed by atoms with Crippen LogP contribution in [0.3, 0.4) is 0 Å². The first-order valence-corrected chi connectivity index (χ1v) is 6.34. The predicted molar refractivity (Wildman–Crippen MR) is 62.3 cm³/mol. The van der Waals surface area contributed by atoms with Crippen LogP contribution in [0.25, 0.3) is 11.1 Å². The fourth-order valence-electron chi connectivity index (χ4n) is 1.16. The monoisotopic (exact) mass is 288 g/mol. The highest BCUT2D eigenvalue weighted by molar-refractivity contribution is 9.10. The third-order valence-electron chi connectivity index (χ3n) is 1.76. The lowest BCUT2D eigenvalue weighted by Crippen LogP contribution is -1.93. The molecule has 2 rings (SSSR count). The number of aromatic carboxylic acids is 1. The fraction of sp³-hybridized carbons (Fsp3) is 0. The van der Waals surface area contributed by atoms with Gasteiger partial charge >= 0.3 is 5.97 Å². The van der Waals surface area contributed by atoms with Gasteiger partial charge in [-0.25, -0.2) is 4.79 Å². The van der Waals surface area contributed by atoms with Crippen LogP contribution in [0.2, 0.25) is 0 Å². The molecule has 72 valence electrons. The maximum absolute atomic E-state index is 10.9. The summed E-state index contributed by atoms with van der Waals surface area (Å²) in [7, 11) is 0. The molecule has 14 heavy (non-hydrogen) atoms. The molecule has 0 aromatic carbocycles. The van der Waals surface area contributed by atoms with E-state index in [4.69, 9.17) is 5.11 Å². The molecule has 0 aliphatic rings. The summed E-state index contributed by atoms with van der Waals surface area (Å²) in [5.74, 6) is -0.867. The molecule has 0 unspecified atom stereocenters. The predicted octanol–water partition coefficient (Wildman–Crippen LogP) is 3.94. The van der Waals surface area contributed by atoms with Crippen LogP contribution in [-0.2, 0) is 0 Å². The van der Waals surface area contributed by atoms with E-state index >= 15 is 0 Å². The molecular weight excluding hydrogens is 284 g/mol. The van der Waals surface area contributed by atoms with Crippen molar-refractivity contribution in [2.75, 3.05) is 0 Å². The molecule has 2 heterocycles. The van der Waals surface area contributed by atoms with Gasteiger partial charge in [0.05, 0.1) is 0 Å². The molecule has 0 bridgehead atoms. The second kappa shape index (κ2) is 3.84. The van der Waals surface area contributed by atoms with Crippen molar-refractivity contribution in [3.05, 3.63) is 31.6 Å². The Morgan fingerprint density at radius 1 is 1.36 bits per heavy atom. The Morgan fingerprint density at radius 3 is 2.71 bits per heavy atom. The van der Waals surface area contributed by atoms with Crippen LogP contribution < -0.4 is 0 Å². The summed E-state index contributed by atoms with van der Waals surface area (Å²) in [4.78, 5) is 11.3. The zero-order valence-electron chi connectivity index (χ0n) is 6.86. The van der Waals surface area contributed by atoms with Gasteiger partial charge in [-0.05, 0) is 32.8 Å². The SMILES string of the molecule is O=C(O)c1sccc1-c1cscc1Br.